The Morgan fingerprint density at radius 1 is 1.50 bits per heavy atom. The molecule has 0 heterocycles. The number of hydrogen-bond donors (Lipinski definition) is 4. The molecular weight excluding hydrogens is 132 g/mol. The number of nitrogens with one attached hydrogen (secondary N) is 1. The van der Waals surface area contributed by atoms with Crippen LogP contribution in [0.1, 0.15) is 13.3 Å². The highest BCUT2D eigenvalue weighted by molar-refractivity contribution is 4.56. The lowest BCUT2D eigenvalue weighted by atomic mass is 10.3. The van der Waals surface area contributed by atoms with Crippen LogP contribution >= 0.6 is 0 Å². The number of rotatable bonds is 5. The van der Waals surface area contributed by atoms with Gasteiger partial charge in [0, 0.05) is 6.54 Å². The maximum atomic E-state index is 9.00. The number of aliphatic hydroxyl groups is 2. The second-order valence-corrected chi connectivity index (χ2v) is 2.35. The number of aliphatic hydroxyl groups excluding tert-OH is 2. The van der Waals surface area contributed by atoms with Crippen molar-refractivity contribution in [3.8, 4) is 0 Å². The minimum absolute atomic E-state index is 0.404. The van der Waals surface area contributed by atoms with Crippen LogP contribution in [0.3, 0.4) is 0 Å². The lowest BCUT2D eigenvalue weighted by Crippen LogP contribution is -2.35. The summed E-state index contributed by atoms with van der Waals surface area (Å²) in [4.78, 5) is 0. The van der Waals surface area contributed by atoms with Crippen molar-refractivity contribution >= 4 is 0 Å². The maximum Gasteiger partial charge on any atom is 0.106 e. The van der Waals surface area contributed by atoms with Crippen LogP contribution in [-0.2, 0) is 0 Å². The first-order valence-corrected chi connectivity index (χ1v) is 3.46. The summed E-state index contributed by atoms with van der Waals surface area (Å²) >= 11 is 0. The molecule has 0 saturated carbocycles. The van der Waals surface area contributed by atoms with E-state index in [0.29, 0.717) is 19.5 Å². The average Bonchev–Trinajstić information content (AvgIpc) is 1.85. The van der Waals surface area contributed by atoms with E-state index in [2.05, 4.69) is 5.32 Å². The standard InChI is InChI=1S/C6H16N2O2/c1-5(9)4-8-6(10)2-3-7/h5-6,8-10H,2-4,7H2,1H3. The minimum atomic E-state index is -0.584. The molecule has 2 atom stereocenters. The second kappa shape index (κ2) is 5.61. The summed E-state index contributed by atoms with van der Waals surface area (Å²) in [5.41, 5.74) is 5.17. The molecule has 0 radical (unpaired) electrons. The van der Waals surface area contributed by atoms with E-state index < -0.39 is 12.3 Å². The molecule has 0 spiro atoms. The average molecular weight is 148 g/mol. The quantitative estimate of drug-likeness (QED) is 0.362. The lowest BCUT2D eigenvalue weighted by Gasteiger charge is -2.12. The van der Waals surface area contributed by atoms with Gasteiger partial charge >= 0.3 is 0 Å². The smallest absolute Gasteiger partial charge is 0.106 e. The Labute approximate surface area is 61.0 Å². The van der Waals surface area contributed by atoms with Crippen molar-refractivity contribution in [2.24, 2.45) is 5.73 Å². The van der Waals surface area contributed by atoms with Crippen LogP contribution in [0.4, 0.5) is 0 Å². The molecule has 0 aromatic carbocycles. The molecule has 0 aliphatic carbocycles. The Balaban J connectivity index is 3.12. The van der Waals surface area contributed by atoms with E-state index in [1.165, 1.54) is 0 Å². The van der Waals surface area contributed by atoms with Gasteiger partial charge in [0.05, 0.1) is 6.10 Å². The van der Waals surface area contributed by atoms with E-state index in [-0.39, 0.29) is 0 Å². The predicted octanol–water partition coefficient (Wildman–Crippen LogP) is -1.38. The summed E-state index contributed by atoms with van der Waals surface area (Å²) in [5.74, 6) is 0. The summed E-state index contributed by atoms with van der Waals surface area (Å²) < 4.78 is 0. The molecule has 0 aliphatic rings. The predicted molar refractivity (Wildman–Crippen MR) is 39.4 cm³/mol. The van der Waals surface area contributed by atoms with Gasteiger partial charge in [0.2, 0.25) is 0 Å². The van der Waals surface area contributed by atoms with Gasteiger partial charge in [-0.1, -0.05) is 0 Å². The van der Waals surface area contributed by atoms with Crippen molar-refractivity contribution in [3.05, 3.63) is 0 Å². The molecule has 0 aliphatic heterocycles. The molecule has 0 fully saturated rings. The van der Waals surface area contributed by atoms with Crippen molar-refractivity contribution < 1.29 is 10.2 Å². The first kappa shape index (κ1) is 9.84. The molecule has 2 unspecified atom stereocenters. The first-order chi connectivity index (χ1) is 4.66. The van der Waals surface area contributed by atoms with Gasteiger partial charge in [-0.15, -0.1) is 0 Å². The van der Waals surface area contributed by atoms with Gasteiger partial charge in [-0.2, -0.15) is 0 Å². The molecular formula is C6H16N2O2. The van der Waals surface area contributed by atoms with Gasteiger partial charge in [0.1, 0.15) is 6.23 Å². The molecule has 0 amide bonds. The number of hydrogen-bond acceptors (Lipinski definition) is 4. The zero-order chi connectivity index (χ0) is 7.98. The fraction of sp³-hybridized carbons (Fsp3) is 1.00. The molecule has 0 aromatic rings. The molecule has 62 valence electrons. The molecule has 0 bridgehead atoms. The SMILES string of the molecule is CC(O)CNC(O)CCN. The van der Waals surface area contributed by atoms with Gasteiger partial charge < -0.3 is 15.9 Å². The normalized spacial score (nSPS) is 16.8. The van der Waals surface area contributed by atoms with Gasteiger partial charge in [0.15, 0.2) is 0 Å². The molecule has 4 nitrogen and oxygen atoms in total. The monoisotopic (exact) mass is 148 g/mol. The van der Waals surface area contributed by atoms with Crippen LogP contribution in [0.5, 0.6) is 0 Å². The Hall–Kier alpha value is -0.160. The van der Waals surface area contributed by atoms with E-state index in [1.807, 2.05) is 0 Å². The second-order valence-electron chi connectivity index (χ2n) is 2.35. The lowest BCUT2D eigenvalue weighted by molar-refractivity contribution is 0.103. The van der Waals surface area contributed by atoms with Crippen molar-refractivity contribution in [2.75, 3.05) is 13.1 Å². The summed E-state index contributed by atoms with van der Waals surface area (Å²) in [6.45, 7) is 2.51. The Bertz CT molecular complexity index is 78.1. The zero-order valence-electron chi connectivity index (χ0n) is 6.25. The Morgan fingerprint density at radius 3 is 2.50 bits per heavy atom. The van der Waals surface area contributed by atoms with Crippen LogP contribution in [0, 0.1) is 0 Å². The van der Waals surface area contributed by atoms with Crippen molar-refractivity contribution in [1.82, 2.24) is 5.32 Å². The molecule has 0 rings (SSSR count). The van der Waals surface area contributed by atoms with Crippen LogP contribution < -0.4 is 11.1 Å². The summed E-state index contributed by atoms with van der Waals surface area (Å²) in [7, 11) is 0. The van der Waals surface area contributed by atoms with Crippen LogP contribution in [0.15, 0.2) is 0 Å². The molecule has 5 N–H and O–H groups in total. The third-order valence-corrected chi connectivity index (χ3v) is 1.09. The maximum absolute atomic E-state index is 9.00. The highest BCUT2D eigenvalue weighted by Crippen LogP contribution is 1.84. The van der Waals surface area contributed by atoms with Gasteiger partial charge in [-0.25, -0.2) is 0 Å². The molecule has 4 heteroatoms. The highest BCUT2D eigenvalue weighted by atomic mass is 16.3. The topological polar surface area (TPSA) is 78.5 Å². The van der Waals surface area contributed by atoms with E-state index in [0.717, 1.165) is 0 Å². The minimum Gasteiger partial charge on any atom is -0.392 e. The third-order valence-electron chi connectivity index (χ3n) is 1.09. The largest absolute Gasteiger partial charge is 0.392 e. The van der Waals surface area contributed by atoms with E-state index in [4.69, 9.17) is 15.9 Å². The fourth-order valence-corrected chi connectivity index (χ4v) is 0.567. The zero-order valence-corrected chi connectivity index (χ0v) is 6.25. The molecule has 10 heavy (non-hydrogen) atoms. The van der Waals surface area contributed by atoms with Crippen molar-refractivity contribution in [2.45, 2.75) is 25.7 Å². The van der Waals surface area contributed by atoms with Crippen molar-refractivity contribution in [3.63, 3.8) is 0 Å². The van der Waals surface area contributed by atoms with Gasteiger partial charge in [-0.05, 0) is 19.9 Å². The fourth-order valence-electron chi connectivity index (χ4n) is 0.567. The van der Waals surface area contributed by atoms with E-state index in [1.54, 1.807) is 6.92 Å². The highest BCUT2D eigenvalue weighted by Gasteiger charge is 2.01. The Kier molecular flexibility index (Phi) is 5.52. The summed E-state index contributed by atoms with van der Waals surface area (Å²) in [5, 5.41) is 20.5. The van der Waals surface area contributed by atoms with E-state index >= 15 is 0 Å². The third kappa shape index (κ3) is 5.97. The van der Waals surface area contributed by atoms with Gasteiger partial charge in [0.25, 0.3) is 0 Å². The molecule has 0 aromatic heterocycles. The summed E-state index contributed by atoms with van der Waals surface area (Å²) in [6.07, 6.45) is -0.487. The first-order valence-electron chi connectivity index (χ1n) is 3.46. The molecule has 0 saturated heterocycles. The van der Waals surface area contributed by atoms with Gasteiger partial charge in [-0.3, -0.25) is 5.32 Å². The van der Waals surface area contributed by atoms with E-state index in [9.17, 15) is 0 Å². The summed E-state index contributed by atoms with van der Waals surface area (Å²) in [6, 6.07) is 0. The van der Waals surface area contributed by atoms with Crippen LogP contribution in [0.25, 0.3) is 0 Å². The van der Waals surface area contributed by atoms with Crippen LogP contribution in [0.2, 0.25) is 0 Å². The van der Waals surface area contributed by atoms with Crippen LogP contribution in [-0.4, -0.2) is 35.6 Å². The number of nitrogens with two attached hydrogens (primary N) is 1. The van der Waals surface area contributed by atoms with Crippen molar-refractivity contribution in [1.29, 1.82) is 0 Å². The Morgan fingerprint density at radius 2 is 2.10 bits per heavy atom.